The molecule has 0 saturated carbocycles. The molecular weight excluding hydrogens is 201 g/mol. The highest BCUT2D eigenvalue weighted by atomic mass is 16.7. The van der Waals surface area contributed by atoms with Crippen molar-refractivity contribution in [3.05, 3.63) is 18.3 Å². The Balaban J connectivity index is 2.27. The maximum atomic E-state index is 6.01. The number of hydrogen-bond acceptors (Lipinski definition) is 2. The van der Waals surface area contributed by atoms with E-state index in [-0.39, 0.29) is 18.3 Å². The lowest BCUT2D eigenvalue weighted by Gasteiger charge is -2.32. The summed E-state index contributed by atoms with van der Waals surface area (Å²) in [5.74, 6) is 0. The van der Waals surface area contributed by atoms with Gasteiger partial charge in [-0.15, -0.1) is 0 Å². The van der Waals surface area contributed by atoms with Crippen molar-refractivity contribution < 1.29 is 9.31 Å². The van der Waals surface area contributed by atoms with Crippen molar-refractivity contribution in [1.29, 1.82) is 0 Å². The molecule has 3 nitrogen and oxygen atoms in total. The van der Waals surface area contributed by atoms with Gasteiger partial charge in [0, 0.05) is 18.3 Å². The Bertz CT molecular complexity index is 368. The molecule has 1 fully saturated rings. The fourth-order valence-electron chi connectivity index (χ4n) is 1.89. The Morgan fingerprint density at radius 2 is 1.75 bits per heavy atom. The van der Waals surface area contributed by atoms with E-state index in [2.05, 4.69) is 51.4 Å². The molecule has 0 spiro atoms. The lowest BCUT2D eigenvalue weighted by atomic mass is 9.85. The monoisotopic (exact) mass is 221 g/mol. The number of aryl methyl sites for hydroxylation is 1. The van der Waals surface area contributed by atoms with E-state index >= 15 is 0 Å². The first kappa shape index (κ1) is 11.7. The van der Waals surface area contributed by atoms with Crippen LogP contribution in [-0.4, -0.2) is 22.9 Å². The van der Waals surface area contributed by atoms with Crippen LogP contribution in [-0.2, 0) is 15.9 Å². The smallest absolute Gasteiger partial charge is 0.398 e. The standard InChI is InChI=1S/C12H20BNO2/c1-6-14-9-7-8-10(14)13-15-11(2,3)12(4,5)16-13/h7-9H,6H2,1-5H3. The highest BCUT2D eigenvalue weighted by molar-refractivity contribution is 6.61. The summed E-state index contributed by atoms with van der Waals surface area (Å²) in [5, 5.41) is 0. The summed E-state index contributed by atoms with van der Waals surface area (Å²) in [6, 6.07) is 4.09. The van der Waals surface area contributed by atoms with Crippen LogP contribution in [0.3, 0.4) is 0 Å². The lowest BCUT2D eigenvalue weighted by molar-refractivity contribution is 0.00578. The lowest BCUT2D eigenvalue weighted by Crippen LogP contribution is -2.41. The van der Waals surface area contributed by atoms with Crippen LogP contribution in [0.2, 0.25) is 0 Å². The molecule has 1 aliphatic heterocycles. The average Bonchev–Trinajstić information content (AvgIpc) is 2.69. The fraction of sp³-hybridized carbons (Fsp3) is 0.667. The molecule has 88 valence electrons. The third kappa shape index (κ3) is 1.70. The van der Waals surface area contributed by atoms with Crippen molar-refractivity contribution in [2.24, 2.45) is 0 Å². The highest BCUT2D eigenvalue weighted by Gasteiger charge is 2.52. The van der Waals surface area contributed by atoms with Gasteiger partial charge in [-0.05, 0) is 46.8 Å². The predicted octanol–water partition coefficient (Wildman–Crippen LogP) is 1.81. The summed E-state index contributed by atoms with van der Waals surface area (Å²) in [6.07, 6.45) is 2.06. The Kier molecular flexibility index (Phi) is 2.67. The van der Waals surface area contributed by atoms with Gasteiger partial charge in [0.05, 0.1) is 11.2 Å². The van der Waals surface area contributed by atoms with Crippen LogP contribution in [0.1, 0.15) is 34.6 Å². The van der Waals surface area contributed by atoms with Gasteiger partial charge in [0.25, 0.3) is 0 Å². The van der Waals surface area contributed by atoms with Crippen LogP contribution in [0, 0.1) is 0 Å². The van der Waals surface area contributed by atoms with Crippen LogP contribution in [0.5, 0.6) is 0 Å². The van der Waals surface area contributed by atoms with E-state index in [1.807, 2.05) is 6.07 Å². The van der Waals surface area contributed by atoms with Gasteiger partial charge < -0.3 is 13.9 Å². The minimum Gasteiger partial charge on any atom is -0.398 e. The first-order valence-electron chi connectivity index (χ1n) is 5.88. The molecule has 0 bridgehead atoms. The molecule has 0 unspecified atom stereocenters. The predicted molar refractivity (Wildman–Crippen MR) is 65.8 cm³/mol. The molecular formula is C12H20BNO2. The molecule has 0 N–H and O–H groups in total. The van der Waals surface area contributed by atoms with Crippen LogP contribution >= 0.6 is 0 Å². The third-order valence-corrected chi connectivity index (χ3v) is 3.70. The fourth-order valence-corrected chi connectivity index (χ4v) is 1.89. The van der Waals surface area contributed by atoms with Crippen LogP contribution in [0.15, 0.2) is 18.3 Å². The van der Waals surface area contributed by atoms with Gasteiger partial charge in [0.15, 0.2) is 0 Å². The molecule has 1 aromatic heterocycles. The van der Waals surface area contributed by atoms with Gasteiger partial charge in [0.1, 0.15) is 0 Å². The van der Waals surface area contributed by atoms with E-state index < -0.39 is 0 Å². The second-order valence-corrected chi connectivity index (χ2v) is 5.31. The largest absolute Gasteiger partial charge is 0.512 e. The second-order valence-electron chi connectivity index (χ2n) is 5.31. The van der Waals surface area contributed by atoms with E-state index in [0.717, 1.165) is 12.1 Å². The Hall–Kier alpha value is -0.735. The first-order chi connectivity index (χ1) is 7.37. The third-order valence-electron chi connectivity index (χ3n) is 3.70. The Morgan fingerprint density at radius 1 is 1.19 bits per heavy atom. The van der Waals surface area contributed by atoms with Crippen LogP contribution < -0.4 is 5.59 Å². The molecule has 0 amide bonds. The maximum Gasteiger partial charge on any atom is 0.512 e. The minimum atomic E-state index is -0.263. The molecule has 1 saturated heterocycles. The maximum absolute atomic E-state index is 6.01. The first-order valence-corrected chi connectivity index (χ1v) is 5.88. The highest BCUT2D eigenvalue weighted by Crippen LogP contribution is 2.36. The molecule has 0 aliphatic carbocycles. The van der Waals surface area contributed by atoms with Gasteiger partial charge in [-0.1, -0.05) is 0 Å². The molecule has 0 atom stereocenters. The van der Waals surface area contributed by atoms with E-state index in [0.29, 0.717) is 0 Å². The zero-order chi connectivity index (χ0) is 12.0. The number of rotatable bonds is 2. The molecule has 2 heterocycles. The zero-order valence-corrected chi connectivity index (χ0v) is 10.8. The summed E-state index contributed by atoms with van der Waals surface area (Å²) < 4.78 is 14.2. The summed E-state index contributed by atoms with van der Waals surface area (Å²) in [6.45, 7) is 11.4. The quantitative estimate of drug-likeness (QED) is 0.711. The summed E-state index contributed by atoms with van der Waals surface area (Å²) in [4.78, 5) is 0. The van der Waals surface area contributed by atoms with E-state index in [4.69, 9.17) is 9.31 Å². The van der Waals surface area contributed by atoms with Crippen molar-refractivity contribution in [2.45, 2.75) is 52.4 Å². The zero-order valence-electron chi connectivity index (χ0n) is 10.8. The van der Waals surface area contributed by atoms with Gasteiger partial charge >= 0.3 is 7.12 Å². The normalized spacial score (nSPS) is 22.7. The summed E-state index contributed by atoms with van der Waals surface area (Å²) in [5.41, 5.74) is 0.572. The van der Waals surface area contributed by atoms with Crippen molar-refractivity contribution in [3.8, 4) is 0 Å². The topological polar surface area (TPSA) is 23.4 Å². The molecule has 16 heavy (non-hydrogen) atoms. The molecule has 2 rings (SSSR count). The SMILES string of the molecule is CCn1cccc1B1OC(C)(C)C(C)(C)O1. The number of hydrogen-bond donors (Lipinski definition) is 0. The summed E-state index contributed by atoms with van der Waals surface area (Å²) >= 11 is 0. The molecule has 0 radical (unpaired) electrons. The van der Waals surface area contributed by atoms with E-state index in [9.17, 15) is 0 Å². The van der Waals surface area contributed by atoms with Gasteiger partial charge in [-0.3, -0.25) is 0 Å². The van der Waals surface area contributed by atoms with Gasteiger partial charge in [-0.25, -0.2) is 0 Å². The Morgan fingerprint density at radius 3 is 2.25 bits per heavy atom. The van der Waals surface area contributed by atoms with E-state index in [1.165, 1.54) is 0 Å². The molecule has 1 aliphatic rings. The van der Waals surface area contributed by atoms with Crippen molar-refractivity contribution >= 4 is 12.7 Å². The molecule has 4 heteroatoms. The second kappa shape index (κ2) is 3.64. The number of nitrogens with zero attached hydrogens (tertiary/aromatic N) is 1. The van der Waals surface area contributed by atoms with Crippen molar-refractivity contribution in [3.63, 3.8) is 0 Å². The molecule has 1 aromatic rings. The van der Waals surface area contributed by atoms with E-state index in [1.54, 1.807) is 0 Å². The van der Waals surface area contributed by atoms with Crippen LogP contribution in [0.4, 0.5) is 0 Å². The minimum absolute atomic E-state index is 0.250. The average molecular weight is 221 g/mol. The van der Waals surface area contributed by atoms with Crippen molar-refractivity contribution in [1.82, 2.24) is 4.57 Å². The Labute approximate surface area is 97.9 Å². The van der Waals surface area contributed by atoms with Crippen LogP contribution in [0.25, 0.3) is 0 Å². The van der Waals surface area contributed by atoms with Crippen molar-refractivity contribution in [2.75, 3.05) is 0 Å². The molecule has 0 aromatic carbocycles. The number of aromatic nitrogens is 1. The van der Waals surface area contributed by atoms with Gasteiger partial charge in [-0.2, -0.15) is 0 Å². The van der Waals surface area contributed by atoms with Gasteiger partial charge in [0.2, 0.25) is 0 Å². The summed E-state index contributed by atoms with van der Waals surface area (Å²) in [7, 11) is -0.250.